The number of ether oxygens (including phenoxy) is 1. The van der Waals surface area contributed by atoms with Crippen LogP contribution in [-0.2, 0) is 19.7 Å². The monoisotopic (exact) mass is 294 g/mol. The number of aliphatic hydroxyl groups excluding tert-OH is 1. The Balaban J connectivity index is 2.60. The second-order valence-electron chi connectivity index (χ2n) is 4.70. The van der Waals surface area contributed by atoms with E-state index >= 15 is 0 Å². The van der Waals surface area contributed by atoms with Crippen molar-refractivity contribution in [2.75, 3.05) is 40.4 Å². The van der Waals surface area contributed by atoms with Crippen LogP contribution in [0.25, 0.3) is 0 Å². The number of nitrogens with zero attached hydrogens (tertiary/aromatic N) is 2. The molecule has 0 radical (unpaired) electrons. The first-order valence-electron chi connectivity index (χ1n) is 6.31. The molecule has 19 heavy (non-hydrogen) atoms. The average molecular weight is 294 g/mol. The Hall–Kier alpha value is -0.700. The first-order valence-corrected chi connectivity index (χ1v) is 7.70. The number of piperidine rings is 1. The van der Waals surface area contributed by atoms with Crippen LogP contribution in [0.3, 0.4) is 0 Å². The van der Waals surface area contributed by atoms with E-state index in [1.54, 1.807) is 0 Å². The lowest BCUT2D eigenvalue weighted by Gasteiger charge is -2.33. The maximum absolute atomic E-state index is 12.3. The summed E-state index contributed by atoms with van der Waals surface area (Å²) in [6.07, 6.45) is 1.62. The van der Waals surface area contributed by atoms with Gasteiger partial charge in [0.2, 0.25) is 0 Å². The molecule has 0 saturated carbocycles. The zero-order valence-electron chi connectivity index (χ0n) is 11.4. The maximum Gasteiger partial charge on any atom is 0.306 e. The van der Waals surface area contributed by atoms with Gasteiger partial charge >= 0.3 is 5.97 Å². The van der Waals surface area contributed by atoms with E-state index in [1.807, 2.05) is 0 Å². The van der Waals surface area contributed by atoms with Crippen LogP contribution in [0.4, 0.5) is 0 Å². The van der Waals surface area contributed by atoms with E-state index in [0.717, 1.165) is 17.1 Å². The van der Waals surface area contributed by atoms with Crippen LogP contribution in [0.15, 0.2) is 0 Å². The van der Waals surface area contributed by atoms with Crippen LogP contribution < -0.4 is 0 Å². The van der Waals surface area contributed by atoms with Crippen LogP contribution in [0.5, 0.6) is 0 Å². The van der Waals surface area contributed by atoms with Crippen molar-refractivity contribution in [3.8, 4) is 0 Å². The molecule has 1 aliphatic heterocycles. The normalized spacial score (nSPS) is 21.6. The van der Waals surface area contributed by atoms with Gasteiger partial charge in [0.15, 0.2) is 0 Å². The molecule has 0 spiro atoms. The van der Waals surface area contributed by atoms with Gasteiger partial charge in [0.25, 0.3) is 10.2 Å². The molecule has 8 heteroatoms. The number of carbonyl (C=O) groups excluding carboxylic acids is 1. The van der Waals surface area contributed by atoms with Gasteiger partial charge in [0.05, 0.1) is 13.5 Å². The molecule has 0 aromatic carbocycles. The van der Waals surface area contributed by atoms with Gasteiger partial charge in [-0.05, 0) is 18.8 Å². The summed E-state index contributed by atoms with van der Waals surface area (Å²) in [5.41, 5.74) is 0. The van der Waals surface area contributed by atoms with Gasteiger partial charge in [0, 0.05) is 33.3 Å². The summed E-state index contributed by atoms with van der Waals surface area (Å²) < 4.78 is 31.5. The molecule has 1 aliphatic rings. The first-order chi connectivity index (χ1) is 8.91. The minimum Gasteiger partial charge on any atom is -0.469 e. The predicted molar refractivity (Wildman–Crippen MR) is 69.6 cm³/mol. The van der Waals surface area contributed by atoms with Crippen molar-refractivity contribution in [1.29, 1.82) is 0 Å². The Morgan fingerprint density at radius 2 is 2.21 bits per heavy atom. The highest BCUT2D eigenvalue weighted by Crippen LogP contribution is 2.20. The topological polar surface area (TPSA) is 87.2 Å². The highest BCUT2D eigenvalue weighted by atomic mass is 32.2. The third kappa shape index (κ3) is 4.41. The predicted octanol–water partition coefficient (Wildman–Crippen LogP) is -0.570. The zero-order valence-corrected chi connectivity index (χ0v) is 12.2. The lowest BCUT2D eigenvalue weighted by Crippen LogP contribution is -2.47. The summed E-state index contributed by atoms with van der Waals surface area (Å²) in [4.78, 5) is 11.0. The largest absolute Gasteiger partial charge is 0.469 e. The van der Waals surface area contributed by atoms with E-state index in [0.29, 0.717) is 13.1 Å². The molecule has 0 aromatic heterocycles. The summed E-state index contributed by atoms with van der Waals surface area (Å²) in [6.45, 7) is 0.885. The van der Waals surface area contributed by atoms with Gasteiger partial charge in [-0.1, -0.05) is 0 Å². The van der Waals surface area contributed by atoms with Crippen molar-refractivity contribution in [1.82, 2.24) is 8.61 Å². The van der Waals surface area contributed by atoms with Crippen molar-refractivity contribution in [3.63, 3.8) is 0 Å². The standard InChI is InChI=1S/C11H22N2O5S/c1-12(7-5-11(15)18-2)19(16,17)13-6-3-4-10(8-13)9-14/h10,14H,3-9H2,1-2H3. The maximum atomic E-state index is 12.3. The number of aliphatic hydroxyl groups is 1. The SMILES string of the molecule is COC(=O)CCN(C)S(=O)(=O)N1CCCC(CO)C1. The summed E-state index contributed by atoms with van der Waals surface area (Å²) in [7, 11) is -0.845. The average Bonchev–Trinajstić information content (AvgIpc) is 2.44. The number of methoxy groups -OCH3 is 1. The molecule has 1 N–H and O–H groups in total. The van der Waals surface area contributed by atoms with Gasteiger partial charge in [-0.25, -0.2) is 0 Å². The Morgan fingerprint density at radius 1 is 1.53 bits per heavy atom. The number of hydrogen-bond acceptors (Lipinski definition) is 5. The second kappa shape index (κ2) is 7.18. The van der Waals surface area contributed by atoms with Gasteiger partial charge < -0.3 is 9.84 Å². The number of rotatable bonds is 6. The Kier molecular flexibility index (Phi) is 6.18. The van der Waals surface area contributed by atoms with Gasteiger partial charge in [-0.2, -0.15) is 17.0 Å². The molecule has 0 bridgehead atoms. The van der Waals surface area contributed by atoms with Crippen molar-refractivity contribution in [2.24, 2.45) is 5.92 Å². The molecule has 1 atom stereocenters. The first kappa shape index (κ1) is 16.4. The van der Waals surface area contributed by atoms with Crippen LogP contribution in [0.1, 0.15) is 19.3 Å². The second-order valence-corrected chi connectivity index (χ2v) is 6.74. The van der Waals surface area contributed by atoms with Crippen LogP contribution in [0, 0.1) is 5.92 Å². The molecule has 0 aromatic rings. The summed E-state index contributed by atoms with van der Waals surface area (Å²) >= 11 is 0. The fraction of sp³-hybridized carbons (Fsp3) is 0.909. The third-order valence-electron chi connectivity index (χ3n) is 3.32. The zero-order chi connectivity index (χ0) is 14.5. The minimum absolute atomic E-state index is 0.00209. The minimum atomic E-state index is -3.56. The molecule has 1 saturated heterocycles. The van der Waals surface area contributed by atoms with Gasteiger partial charge in [0.1, 0.15) is 0 Å². The molecule has 112 valence electrons. The van der Waals surface area contributed by atoms with Crippen molar-refractivity contribution in [3.05, 3.63) is 0 Å². The van der Waals surface area contributed by atoms with Crippen molar-refractivity contribution in [2.45, 2.75) is 19.3 Å². The van der Waals surface area contributed by atoms with E-state index in [9.17, 15) is 13.2 Å². The molecule has 1 fully saturated rings. The number of esters is 1. The third-order valence-corrected chi connectivity index (χ3v) is 5.27. The van der Waals surface area contributed by atoms with Crippen LogP contribution >= 0.6 is 0 Å². The van der Waals surface area contributed by atoms with E-state index in [-0.39, 0.29) is 25.5 Å². The molecule has 0 aliphatic carbocycles. The van der Waals surface area contributed by atoms with E-state index < -0.39 is 16.2 Å². The quantitative estimate of drug-likeness (QED) is 0.663. The molecule has 1 heterocycles. The van der Waals surface area contributed by atoms with Gasteiger partial charge in [-0.15, -0.1) is 0 Å². The van der Waals surface area contributed by atoms with Crippen LogP contribution in [-0.4, -0.2) is 68.5 Å². The molecule has 1 rings (SSSR count). The summed E-state index contributed by atoms with van der Waals surface area (Å²) in [6, 6.07) is 0. The molecule has 1 unspecified atom stereocenters. The molecule has 0 amide bonds. The Labute approximate surface area is 114 Å². The fourth-order valence-corrected chi connectivity index (χ4v) is 3.52. The fourth-order valence-electron chi connectivity index (χ4n) is 2.05. The van der Waals surface area contributed by atoms with E-state index in [2.05, 4.69) is 4.74 Å². The van der Waals surface area contributed by atoms with Gasteiger partial charge in [-0.3, -0.25) is 4.79 Å². The highest BCUT2D eigenvalue weighted by Gasteiger charge is 2.31. The summed E-state index contributed by atoms with van der Waals surface area (Å²) in [5.74, 6) is -0.438. The molecular formula is C11H22N2O5S. The Morgan fingerprint density at radius 3 is 2.79 bits per heavy atom. The highest BCUT2D eigenvalue weighted by molar-refractivity contribution is 7.86. The Bertz CT molecular complexity index is 398. The van der Waals surface area contributed by atoms with E-state index in [1.165, 1.54) is 18.5 Å². The molecule has 7 nitrogen and oxygen atoms in total. The van der Waals surface area contributed by atoms with Crippen molar-refractivity contribution >= 4 is 16.2 Å². The van der Waals surface area contributed by atoms with E-state index in [4.69, 9.17) is 5.11 Å². The van der Waals surface area contributed by atoms with Crippen molar-refractivity contribution < 1.29 is 23.1 Å². The molecular weight excluding hydrogens is 272 g/mol. The summed E-state index contributed by atoms with van der Waals surface area (Å²) in [5, 5.41) is 9.12. The van der Waals surface area contributed by atoms with Crippen LogP contribution in [0.2, 0.25) is 0 Å². The number of hydrogen-bond donors (Lipinski definition) is 1. The smallest absolute Gasteiger partial charge is 0.306 e. The number of carbonyl (C=O) groups is 1. The lowest BCUT2D eigenvalue weighted by atomic mass is 10.0. The lowest BCUT2D eigenvalue weighted by molar-refractivity contribution is -0.140.